The number of aryl methyl sites for hydroxylation is 1. The maximum absolute atomic E-state index is 12.5. The Hall–Kier alpha value is -2.30. The Morgan fingerprint density at radius 2 is 1.94 bits per heavy atom. The summed E-state index contributed by atoms with van der Waals surface area (Å²) < 4.78 is 26.7. The molecule has 0 spiro atoms. The van der Waals surface area contributed by atoms with Crippen LogP contribution < -0.4 is 4.72 Å². The second kappa shape index (κ2) is 10.8. The lowest BCUT2D eigenvalue weighted by Gasteiger charge is -2.34. The van der Waals surface area contributed by atoms with Gasteiger partial charge in [-0.25, -0.2) is 13.4 Å². The summed E-state index contributed by atoms with van der Waals surface area (Å²) in [6, 6.07) is 6.88. The maximum atomic E-state index is 12.5. The average molecular weight is 490 g/mol. The van der Waals surface area contributed by atoms with Gasteiger partial charge in [0.1, 0.15) is 5.84 Å². The summed E-state index contributed by atoms with van der Waals surface area (Å²) in [6.45, 7) is 6.85. The Kier molecular flexibility index (Phi) is 7.77. The Morgan fingerprint density at radius 1 is 1.15 bits per heavy atom. The highest BCUT2D eigenvalue weighted by Crippen LogP contribution is 2.22. The molecule has 1 amide bonds. The van der Waals surface area contributed by atoms with E-state index < -0.39 is 10.0 Å². The van der Waals surface area contributed by atoms with Crippen LogP contribution in [0, 0.1) is 0 Å². The number of fused-ring (bicyclic) bond motifs is 1. The molecule has 0 bridgehead atoms. The van der Waals surface area contributed by atoms with E-state index in [1.807, 2.05) is 11.0 Å². The van der Waals surface area contributed by atoms with Gasteiger partial charge in [-0.15, -0.1) is 11.3 Å². The molecule has 1 saturated heterocycles. The summed E-state index contributed by atoms with van der Waals surface area (Å²) in [5.41, 5.74) is 1.77. The first-order valence-corrected chi connectivity index (χ1v) is 13.9. The lowest BCUT2D eigenvalue weighted by molar-refractivity contribution is -0.133. The number of hydrogen-bond acceptors (Lipinski definition) is 7. The topological polar surface area (TPSA) is 95.0 Å². The van der Waals surface area contributed by atoms with Crippen LogP contribution >= 0.6 is 11.3 Å². The van der Waals surface area contributed by atoms with E-state index in [-0.39, 0.29) is 10.8 Å². The highest BCUT2D eigenvalue weighted by molar-refractivity contribution is 7.90. The van der Waals surface area contributed by atoms with E-state index in [4.69, 9.17) is 0 Å². The third-order valence-electron chi connectivity index (χ3n) is 5.99. The van der Waals surface area contributed by atoms with E-state index in [9.17, 15) is 13.2 Å². The number of hydrogen-bond donors (Lipinski definition) is 1. The SMILES string of the molecule is CCc1nc(CN2CCN(C(=O)CCCCCN=C3NS(=O)(=O)c4ccccc43)CC2)cs1. The zero-order chi connectivity index (χ0) is 23.3. The van der Waals surface area contributed by atoms with Crippen molar-refractivity contribution < 1.29 is 13.2 Å². The van der Waals surface area contributed by atoms with E-state index in [0.717, 1.165) is 64.1 Å². The van der Waals surface area contributed by atoms with Gasteiger partial charge in [-0.3, -0.25) is 19.4 Å². The maximum Gasteiger partial charge on any atom is 0.263 e. The van der Waals surface area contributed by atoms with Crippen molar-refractivity contribution in [3.63, 3.8) is 0 Å². The van der Waals surface area contributed by atoms with Gasteiger partial charge < -0.3 is 4.90 Å². The molecular weight excluding hydrogens is 458 g/mol. The van der Waals surface area contributed by atoms with E-state index in [2.05, 4.69) is 31.9 Å². The summed E-state index contributed by atoms with van der Waals surface area (Å²) in [6.07, 6.45) is 4.07. The number of amides is 1. The van der Waals surface area contributed by atoms with Crippen molar-refractivity contribution in [3.8, 4) is 0 Å². The van der Waals surface area contributed by atoms with Crippen LogP contribution in [0.5, 0.6) is 0 Å². The first kappa shape index (κ1) is 23.8. The van der Waals surface area contributed by atoms with Crippen molar-refractivity contribution in [1.82, 2.24) is 19.5 Å². The largest absolute Gasteiger partial charge is 0.340 e. The number of aromatic nitrogens is 1. The zero-order valence-corrected chi connectivity index (χ0v) is 20.6. The molecule has 10 heteroatoms. The van der Waals surface area contributed by atoms with Gasteiger partial charge in [-0.05, 0) is 31.4 Å². The number of benzene rings is 1. The van der Waals surface area contributed by atoms with Crippen LogP contribution in [0.2, 0.25) is 0 Å². The Labute approximate surface area is 199 Å². The van der Waals surface area contributed by atoms with E-state index in [0.29, 0.717) is 24.4 Å². The van der Waals surface area contributed by atoms with Crippen LogP contribution in [-0.4, -0.2) is 67.7 Å². The van der Waals surface area contributed by atoms with Gasteiger partial charge in [-0.1, -0.05) is 25.5 Å². The monoisotopic (exact) mass is 489 g/mol. The number of carbonyl (C=O) groups is 1. The second-order valence-corrected chi connectivity index (χ2v) is 11.0. The summed E-state index contributed by atoms with van der Waals surface area (Å²) in [5.74, 6) is 0.642. The fourth-order valence-corrected chi connectivity index (χ4v) is 6.12. The lowest BCUT2D eigenvalue weighted by atomic mass is 10.1. The van der Waals surface area contributed by atoms with Crippen LogP contribution in [0.1, 0.15) is 48.9 Å². The van der Waals surface area contributed by atoms with Crippen molar-refractivity contribution in [2.24, 2.45) is 4.99 Å². The molecule has 2 aliphatic heterocycles. The van der Waals surface area contributed by atoms with Crippen LogP contribution in [0.4, 0.5) is 0 Å². The predicted molar refractivity (Wildman–Crippen MR) is 130 cm³/mol. The summed E-state index contributed by atoms with van der Waals surface area (Å²) in [5, 5.41) is 3.32. The Bertz CT molecular complexity index is 1100. The molecule has 8 nitrogen and oxygen atoms in total. The van der Waals surface area contributed by atoms with E-state index in [1.54, 1.807) is 29.5 Å². The third-order valence-corrected chi connectivity index (χ3v) is 8.43. The number of nitrogens with one attached hydrogen (secondary N) is 1. The summed E-state index contributed by atoms with van der Waals surface area (Å²) in [4.78, 5) is 26.2. The minimum Gasteiger partial charge on any atom is -0.340 e. The molecule has 1 aromatic heterocycles. The van der Waals surface area contributed by atoms with Gasteiger partial charge in [0.05, 0.1) is 15.6 Å². The molecule has 1 aromatic carbocycles. The smallest absolute Gasteiger partial charge is 0.263 e. The van der Waals surface area contributed by atoms with Crippen molar-refractivity contribution in [2.75, 3.05) is 32.7 Å². The predicted octanol–water partition coefficient (Wildman–Crippen LogP) is 2.65. The Morgan fingerprint density at radius 3 is 2.70 bits per heavy atom. The van der Waals surface area contributed by atoms with Crippen LogP contribution in [0.25, 0.3) is 0 Å². The van der Waals surface area contributed by atoms with E-state index >= 15 is 0 Å². The van der Waals surface area contributed by atoms with Gasteiger partial charge in [0.15, 0.2) is 0 Å². The molecule has 33 heavy (non-hydrogen) atoms. The highest BCUT2D eigenvalue weighted by Gasteiger charge is 2.29. The number of thiazole rings is 1. The fourth-order valence-electron chi connectivity index (χ4n) is 4.13. The minimum atomic E-state index is -3.49. The van der Waals surface area contributed by atoms with Gasteiger partial charge in [0, 0.05) is 56.6 Å². The number of piperazine rings is 1. The summed E-state index contributed by atoms with van der Waals surface area (Å²) >= 11 is 1.72. The van der Waals surface area contributed by atoms with Crippen molar-refractivity contribution in [3.05, 3.63) is 45.9 Å². The lowest BCUT2D eigenvalue weighted by Crippen LogP contribution is -2.48. The quantitative estimate of drug-likeness (QED) is 0.547. The summed E-state index contributed by atoms with van der Waals surface area (Å²) in [7, 11) is -3.49. The molecule has 0 saturated carbocycles. The second-order valence-electron chi connectivity index (χ2n) is 8.39. The normalized spacial score (nSPS) is 18.9. The average Bonchev–Trinajstić information content (AvgIpc) is 3.38. The van der Waals surface area contributed by atoms with E-state index in [1.165, 1.54) is 5.01 Å². The minimum absolute atomic E-state index is 0.223. The van der Waals surface area contributed by atoms with Gasteiger partial charge >= 0.3 is 0 Å². The number of sulfonamides is 1. The molecule has 0 unspecified atom stereocenters. The fraction of sp³-hybridized carbons (Fsp3) is 0.522. The molecule has 1 N–H and O–H groups in total. The molecule has 0 aliphatic carbocycles. The molecule has 0 atom stereocenters. The first-order chi connectivity index (χ1) is 16.0. The number of nitrogens with zero attached hydrogens (tertiary/aromatic N) is 4. The zero-order valence-electron chi connectivity index (χ0n) is 19.0. The molecule has 178 valence electrons. The molecule has 2 aromatic rings. The van der Waals surface area contributed by atoms with Gasteiger partial charge in [0.25, 0.3) is 10.0 Å². The van der Waals surface area contributed by atoms with Crippen molar-refractivity contribution in [1.29, 1.82) is 0 Å². The number of rotatable bonds is 9. The van der Waals surface area contributed by atoms with Crippen LogP contribution in [0.15, 0.2) is 39.5 Å². The molecule has 4 rings (SSSR count). The Balaban J connectivity index is 1.13. The number of aliphatic imine (C=N–C) groups is 1. The number of amidine groups is 1. The van der Waals surface area contributed by atoms with Crippen molar-refractivity contribution in [2.45, 2.75) is 50.5 Å². The van der Waals surface area contributed by atoms with Crippen molar-refractivity contribution >= 4 is 33.1 Å². The third kappa shape index (κ3) is 5.99. The van der Waals surface area contributed by atoms with Crippen LogP contribution in [0.3, 0.4) is 0 Å². The molecule has 0 radical (unpaired) electrons. The van der Waals surface area contributed by atoms with Crippen LogP contribution in [-0.2, 0) is 27.8 Å². The van der Waals surface area contributed by atoms with Gasteiger partial charge in [0.2, 0.25) is 5.91 Å². The number of carbonyl (C=O) groups excluding carboxylic acids is 1. The highest BCUT2D eigenvalue weighted by atomic mass is 32.2. The standard InChI is InChI=1S/C23H31N5O3S2/c1-2-21-25-18(17-32-21)16-27-12-14-28(15-13-27)22(29)10-4-3-7-11-24-23-19-8-5-6-9-20(19)33(30,31)26-23/h5-6,8-9,17H,2-4,7,10-16H2,1H3,(H,24,26). The number of unbranched alkanes of at least 4 members (excludes halogenated alkanes) is 2. The van der Waals surface area contributed by atoms with Gasteiger partial charge in [-0.2, -0.15) is 0 Å². The molecule has 3 heterocycles. The molecular formula is C23H31N5O3S2. The first-order valence-electron chi connectivity index (χ1n) is 11.6. The molecule has 2 aliphatic rings. The molecule has 1 fully saturated rings.